The van der Waals surface area contributed by atoms with Gasteiger partial charge in [-0.15, -0.1) is 0 Å². The number of rotatable bonds is 5. The van der Waals surface area contributed by atoms with E-state index >= 15 is 0 Å². The van der Waals surface area contributed by atoms with Gasteiger partial charge in [-0.3, -0.25) is 15.5 Å². The normalized spacial score (nSPS) is 10.5. The lowest BCUT2D eigenvalue weighted by molar-refractivity contribution is -0.385. The highest BCUT2D eigenvalue weighted by molar-refractivity contribution is 7.80. The number of benzene rings is 2. The molecular weight excluding hydrogens is 332 g/mol. The highest BCUT2D eigenvalue weighted by Gasteiger charge is 2.20. The van der Waals surface area contributed by atoms with Gasteiger partial charge in [-0.1, -0.05) is 30.3 Å². The van der Waals surface area contributed by atoms with E-state index in [0.29, 0.717) is 11.1 Å². The number of hydrogen-bond acceptors (Lipinski definition) is 5. The molecule has 0 fully saturated rings. The second-order valence-corrected chi connectivity index (χ2v) is 5.09. The zero-order chi connectivity index (χ0) is 17.7. The summed E-state index contributed by atoms with van der Waals surface area (Å²) in [5.74, 6) is -1.34. The van der Waals surface area contributed by atoms with Crippen molar-refractivity contribution in [1.29, 1.82) is 0 Å². The third-order valence-corrected chi connectivity index (χ3v) is 3.15. The number of nitro benzene ring substituents is 1. The highest BCUT2D eigenvalue weighted by atomic mass is 32.1. The lowest BCUT2D eigenvalue weighted by Gasteiger charge is -2.04. The summed E-state index contributed by atoms with van der Waals surface area (Å²) in [5.41, 5.74) is 8.87. The molecule has 0 aromatic heterocycles. The number of carboxylic acid groups (broad SMARTS) is 1. The van der Waals surface area contributed by atoms with Crippen LogP contribution < -0.4 is 11.2 Å². The minimum atomic E-state index is -1.34. The van der Waals surface area contributed by atoms with Gasteiger partial charge >= 0.3 is 5.97 Å². The molecule has 24 heavy (non-hydrogen) atoms. The molecule has 0 aliphatic rings. The van der Waals surface area contributed by atoms with Crippen LogP contribution in [-0.2, 0) is 0 Å². The predicted molar refractivity (Wildman–Crippen MR) is 93.0 cm³/mol. The Morgan fingerprint density at radius 3 is 2.42 bits per heavy atom. The van der Waals surface area contributed by atoms with E-state index in [2.05, 4.69) is 22.7 Å². The Hall–Kier alpha value is -3.33. The van der Waals surface area contributed by atoms with Crippen LogP contribution in [0.5, 0.6) is 0 Å². The molecule has 0 aliphatic carbocycles. The van der Waals surface area contributed by atoms with Crippen molar-refractivity contribution in [2.75, 3.05) is 0 Å². The van der Waals surface area contributed by atoms with Crippen LogP contribution >= 0.6 is 12.2 Å². The van der Waals surface area contributed by atoms with Crippen molar-refractivity contribution in [2.24, 2.45) is 10.8 Å². The molecular formula is C15H12N4O4S. The van der Waals surface area contributed by atoms with Crippen molar-refractivity contribution in [2.45, 2.75) is 0 Å². The maximum absolute atomic E-state index is 11.0. The van der Waals surface area contributed by atoms with Crippen LogP contribution in [0.25, 0.3) is 11.1 Å². The number of hydrogen-bond donors (Lipinski definition) is 3. The molecule has 2 rings (SSSR count). The van der Waals surface area contributed by atoms with Gasteiger partial charge in [-0.2, -0.15) is 5.10 Å². The van der Waals surface area contributed by atoms with Crippen LogP contribution in [0.3, 0.4) is 0 Å². The maximum Gasteiger partial charge on any atom is 0.342 e. The maximum atomic E-state index is 11.0. The van der Waals surface area contributed by atoms with Crippen LogP contribution in [0.1, 0.15) is 15.9 Å². The van der Waals surface area contributed by atoms with Gasteiger partial charge in [0.15, 0.2) is 5.11 Å². The van der Waals surface area contributed by atoms with Gasteiger partial charge in [-0.25, -0.2) is 4.79 Å². The molecule has 0 amide bonds. The molecule has 122 valence electrons. The van der Waals surface area contributed by atoms with Crippen LogP contribution in [0, 0.1) is 10.1 Å². The van der Waals surface area contributed by atoms with Crippen molar-refractivity contribution >= 4 is 35.2 Å². The number of thiocarbonyl (C=S) groups is 1. The summed E-state index contributed by atoms with van der Waals surface area (Å²) in [6.45, 7) is 0. The van der Waals surface area contributed by atoms with Crippen LogP contribution in [0.2, 0.25) is 0 Å². The molecule has 4 N–H and O–H groups in total. The molecule has 0 saturated carbocycles. The van der Waals surface area contributed by atoms with E-state index in [9.17, 15) is 14.9 Å². The molecule has 0 bridgehead atoms. The minimum Gasteiger partial charge on any atom is -0.477 e. The Bertz CT molecular complexity index is 834. The SMILES string of the molecule is NC(=S)NN=Cc1ccc(-c2ccc(C(=O)O)c([N+](=O)[O-])c2)cc1. The van der Waals surface area contributed by atoms with Gasteiger partial charge in [0.05, 0.1) is 11.1 Å². The Morgan fingerprint density at radius 2 is 1.88 bits per heavy atom. The molecule has 0 saturated heterocycles. The van der Waals surface area contributed by atoms with E-state index < -0.39 is 16.6 Å². The fraction of sp³-hybridized carbons (Fsp3) is 0. The molecule has 0 aliphatic heterocycles. The predicted octanol–water partition coefficient (Wildman–Crippen LogP) is 2.13. The number of carbonyl (C=O) groups is 1. The third-order valence-electron chi connectivity index (χ3n) is 3.06. The molecule has 2 aromatic carbocycles. The number of carboxylic acids is 1. The quantitative estimate of drug-likeness (QED) is 0.328. The molecule has 8 nitrogen and oxygen atoms in total. The molecule has 0 atom stereocenters. The summed E-state index contributed by atoms with van der Waals surface area (Å²) < 4.78 is 0. The Labute approximate surface area is 141 Å². The third kappa shape index (κ3) is 4.11. The zero-order valence-corrected chi connectivity index (χ0v) is 13.0. The average Bonchev–Trinajstić information content (AvgIpc) is 2.54. The molecule has 2 aromatic rings. The summed E-state index contributed by atoms with van der Waals surface area (Å²) >= 11 is 4.61. The van der Waals surface area contributed by atoms with Crippen molar-refractivity contribution in [1.82, 2.24) is 5.43 Å². The van der Waals surface area contributed by atoms with Gasteiger partial charge in [0.2, 0.25) is 0 Å². The smallest absolute Gasteiger partial charge is 0.342 e. The standard InChI is InChI=1S/C15H12N4O4S/c16-15(24)18-17-8-9-1-3-10(4-2-9)11-5-6-12(14(20)21)13(7-11)19(22)23/h1-8H,(H,20,21)(H3,16,18,24). The first-order chi connectivity index (χ1) is 11.4. The number of nitro groups is 1. The Kier molecular flexibility index (Phi) is 5.17. The van der Waals surface area contributed by atoms with Gasteiger partial charge in [0.1, 0.15) is 5.56 Å². The first-order valence-electron chi connectivity index (χ1n) is 6.59. The molecule has 0 unspecified atom stereocenters. The van der Waals surface area contributed by atoms with E-state index in [1.807, 2.05) is 0 Å². The van der Waals surface area contributed by atoms with E-state index in [4.69, 9.17) is 10.8 Å². The van der Waals surface area contributed by atoms with Crippen molar-refractivity contribution in [3.8, 4) is 11.1 Å². The fourth-order valence-electron chi connectivity index (χ4n) is 1.98. The van der Waals surface area contributed by atoms with Crippen molar-refractivity contribution in [3.63, 3.8) is 0 Å². The van der Waals surface area contributed by atoms with Gasteiger partial charge in [-0.05, 0) is 35.0 Å². The Morgan fingerprint density at radius 1 is 1.25 bits per heavy atom. The van der Waals surface area contributed by atoms with Gasteiger partial charge in [0, 0.05) is 6.07 Å². The van der Waals surface area contributed by atoms with E-state index in [0.717, 1.165) is 5.56 Å². The zero-order valence-electron chi connectivity index (χ0n) is 12.2. The number of nitrogens with one attached hydrogen (secondary N) is 1. The second kappa shape index (κ2) is 7.29. The van der Waals surface area contributed by atoms with E-state index in [1.54, 1.807) is 24.3 Å². The first kappa shape index (κ1) is 17.0. The van der Waals surface area contributed by atoms with Gasteiger partial charge in [0.25, 0.3) is 5.69 Å². The summed E-state index contributed by atoms with van der Waals surface area (Å²) in [6, 6.07) is 10.9. The summed E-state index contributed by atoms with van der Waals surface area (Å²) in [5, 5.41) is 23.9. The fourth-order valence-corrected chi connectivity index (χ4v) is 2.03. The largest absolute Gasteiger partial charge is 0.477 e. The number of hydrazone groups is 1. The summed E-state index contributed by atoms with van der Waals surface area (Å²) in [7, 11) is 0. The molecule has 0 spiro atoms. The Balaban J connectivity index is 2.30. The van der Waals surface area contributed by atoms with E-state index in [1.165, 1.54) is 24.4 Å². The number of aromatic carboxylic acids is 1. The monoisotopic (exact) mass is 344 g/mol. The van der Waals surface area contributed by atoms with Crippen LogP contribution in [-0.4, -0.2) is 27.3 Å². The second-order valence-electron chi connectivity index (χ2n) is 4.65. The van der Waals surface area contributed by atoms with Gasteiger partial charge < -0.3 is 10.8 Å². The lowest BCUT2D eigenvalue weighted by atomic mass is 10.0. The molecule has 0 radical (unpaired) electrons. The lowest BCUT2D eigenvalue weighted by Crippen LogP contribution is -2.23. The average molecular weight is 344 g/mol. The van der Waals surface area contributed by atoms with Crippen LogP contribution in [0.15, 0.2) is 47.6 Å². The van der Waals surface area contributed by atoms with Crippen molar-refractivity contribution in [3.05, 3.63) is 63.7 Å². The molecule has 9 heteroatoms. The molecule has 0 heterocycles. The summed E-state index contributed by atoms with van der Waals surface area (Å²) in [6.07, 6.45) is 1.51. The van der Waals surface area contributed by atoms with E-state index in [-0.39, 0.29) is 10.7 Å². The van der Waals surface area contributed by atoms with Crippen LogP contribution in [0.4, 0.5) is 5.69 Å². The minimum absolute atomic E-state index is 0.0497. The van der Waals surface area contributed by atoms with Crippen molar-refractivity contribution < 1.29 is 14.8 Å². The number of nitrogens with two attached hydrogens (primary N) is 1. The summed E-state index contributed by atoms with van der Waals surface area (Å²) in [4.78, 5) is 21.3. The number of nitrogens with zero attached hydrogens (tertiary/aromatic N) is 2. The highest BCUT2D eigenvalue weighted by Crippen LogP contribution is 2.27. The topological polar surface area (TPSA) is 131 Å². The first-order valence-corrected chi connectivity index (χ1v) is 7.00.